The third-order valence-electron chi connectivity index (χ3n) is 2.89. The number of aliphatic hydroxyl groups is 1. The number of likely N-dealkylation sites (tertiary alicyclic amines) is 1. The molecule has 0 aromatic heterocycles. The largest absolute Gasteiger partial charge is 0.481 e. The van der Waals surface area contributed by atoms with Crippen molar-refractivity contribution in [2.24, 2.45) is 17.8 Å². The number of rotatable bonds is 4. The minimum absolute atomic E-state index is 0.169. The molecule has 1 aliphatic heterocycles. The van der Waals surface area contributed by atoms with Crippen LogP contribution in [0.15, 0.2) is 0 Å². The Morgan fingerprint density at radius 3 is 2.64 bits per heavy atom. The van der Waals surface area contributed by atoms with Crippen LogP contribution in [-0.2, 0) is 4.79 Å². The highest BCUT2D eigenvalue weighted by Crippen LogP contribution is 2.23. The summed E-state index contributed by atoms with van der Waals surface area (Å²) in [6, 6.07) is 0. The van der Waals surface area contributed by atoms with Crippen molar-refractivity contribution in [1.82, 2.24) is 4.90 Å². The highest BCUT2D eigenvalue weighted by atomic mass is 16.4. The van der Waals surface area contributed by atoms with Gasteiger partial charge in [0.05, 0.1) is 5.92 Å². The number of carboxylic acids is 1. The molecule has 4 heteroatoms. The average Bonchev–Trinajstić information content (AvgIpc) is 2.46. The number of hydrogen-bond acceptors (Lipinski definition) is 3. The van der Waals surface area contributed by atoms with Gasteiger partial charge in [-0.1, -0.05) is 13.8 Å². The van der Waals surface area contributed by atoms with Crippen molar-refractivity contribution in [3.05, 3.63) is 0 Å². The number of aliphatic carboxylic acids is 1. The molecule has 0 aromatic carbocycles. The van der Waals surface area contributed by atoms with Gasteiger partial charge in [0.2, 0.25) is 0 Å². The van der Waals surface area contributed by atoms with Crippen molar-refractivity contribution < 1.29 is 15.0 Å². The van der Waals surface area contributed by atoms with Crippen LogP contribution in [0, 0.1) is 17.8 Å². The van der Waals surface area contributed by atoms with E-state index >= 15 is 0 Å². The lowest BCUT2D eigenvalue weighted by Gasteiger charge is -2.18. The Morgan fingerprint density at radius 2 is 2.21 bits per heavy atom. The molecular weight excluding hydrogens is 182 g/mol. The molecule has 14 heavy (non-hydrogen) atoms. The maximum absolute atomic E-state index is 10.8. The zero-order valence-corrected chi connectivity index (χ0v) is 8.81. The van der Waals surface area contributed by atoms with Crippen molar-refractivity contribution in [3.63, 3.8) is 0 Å². The topological polar surface area (TPSA) is 60.8 Å². The Labute approximate surface area is 84.5 Å². The molecule has 1 fully saturated rings. The van der Waals surface area contributed by atoms with E-state index in [0.717, 1.165) is 13.1 Å². The first kappa shape index (κ1) is 11.5. The molecule has 2 N–H and O–H groups in total. The summed E-state index contributed by atoms with van der Waals surface area (Å²) in [6.07, 6.45) is 0. The van der Waals surface area contributed by atoms with E-state index in [-0.39, 0.29) is 24.4 Å². The van der Waals surface area contributed by atoms with E-state index in [4.69, 9.17) is 10.2 Å². The van der Waals surface area contributed by atoms with Gasteiger partial charge in [0.25, 0.3) is 0 Å². The van der Waals surface area contributed by atoms with Crippen molar-refractivity contribution in [1.29, 1.82) is 0 Å². The summed E-state index contributed by atoms with van der Waals surface area (Å²) in [6.45, 7) is 6.37. The minimum Gasteiger partial charge on any atom is -0.481 e. The van der Waals surface area contributed by atoms with Gasteiger partial charge in [-0.05, 0) is 11.8 Å². The highest BCUT2D eigenvalue weighted by Gasteiger charge is 2.34. The van der Waals surface area contributed by atoms with Gasteiger partial charge in [0, 0.05) is 26.2 Å². The SMILES string of the molecule is CC(CO)CN1CC(C)C(C(=O)O)C1. The zero-order valence-electron chi connectivity index (χ0n) is 8.81. The Kier molecular flexibility index (Phi) is 3.89. The van der Waals surface area contributed by atoms with Crippen LogP contribution >= 0.6 is 0 Å². The molecule has 0 amide bonds. The van der Waals surface area contributed by atoms with Crippen LogP contribution in [0.4, 0.5) is 0 Å². The van der Waals surface area contributed by atoms with Crippen molar-refractivity contribution in [2.75, 3.05) is 26.2 Å². The summed E-state index contributed by atoms with van der Waals surface area (Å²) >= 11 is 0. The van der Waals surface area contributed by atoms with E-state index in [1.807, 2.05) is 13.8 Å². The van der Waals surface area contributed by atoms with E-state index in [9.17, 15) is 4.79 Å². The monoisotopic (exact) mass is 201 g/mol. The molecule has 1 saturated heterocycles. The molecule has 3 atom stereocenters. The molecule has 0 aromatic rings. The molecule has 0 aliphatic carbocycles. The van der Waals surface area contributed by atoms with Gasteiger partial charge in [0.1, 0.15) is 0 Å². The molecule has 1 heterocycles. The van der Waals surface area contributed by atoms with Gasteiger partial charge in [-0.15, -0.1) is 0 Å². The maximum Gasteiger partial charge on any atom is 0.308 e. The molecule has 0 saturated carbocycles. The van der Waals surface area contributed by atoms with Gasteiger partial charge >= 0.3 is 5.97 Å². The third kappa shape index (κ3) is 2.69. The van der Waals surface area contributed by atoms with Crippen LogP contribution in [0.5, 0.6) is 0 Å². The standard InChI is InChI=1S/C10H19NO3/c1-7(6-12)3-11-4-8(2)9(5-11)10(13)14/h7-9,12H,3-6H2,1-2H3,(H,13,14). The van der Waals surface area contributed by atoms with Crippen molar-refractivity contribution in [2.45, 2.75) is 13.8 Å². The lowest BCUT2D eigenvalue weighted by molar-refractivity contribution is -0.142. The summed E-state index contributed by atoms with van der Waals surface area (Å²) in [5, 5.41) is 17.8. The Bertz CT molecular complexity index is 208. The molecule has 1 rings (SSSR count). The van der Waals surface area contributed by atoms with Crippen LogP contribution in [0.25, 0.3) is 0 Å². The fourth-order valence-corrected chi connectivity index (χ4v) is 2.04. The van der Waals surface area contributed by atoms with Gasteiger partial charge in [-0.3, -0.25) is 4.79 Å². The summed E-state index contributed by atoms with van der Waals surface area (Å²) in [4.78, 5) is 13.0. The second-order valence-corrected chi connectivity index (χ2v) is 4.43. The number of hydrogen-bond donors (Lipinski definition) is 2. The van der Waals surface area contributed by atoms with E-state index in [1.54, 1.807) is 0 Å². The van der Waals surface area contributed by atoms with Crippen molar-refractivity contribution in [3.8, 4) is 0 Å². The summed E-state index contributed by atoms with van der Waals surface area (Å²) in [5.74, 6) is -0.481. The van der Waals surface area contributed by atoms with Gasteiger partial charge in [-0.25, -0.2) is 0 Å². The first-order valence-corrected chi connectivity index (χ1v) is 5.10. The summed E-state index contributed by atoms with van der Waals surface area (Å²) in [5.41, 5.74) is 0. The molecular formula is C10H19NO3. The van der Waals surface area contributed by atoms with Crippen LogP contribution in [-0.4, -0.2) is 47.3 Å². The van der Waals surface area contributed by atoms with Crippen molar-refractivity contribution >= 4 is 5.97 Å². The first-order chi connectivity index (χ1) is 6.54. The molecule has 0 radical (unpaired) electrons. The summed E-state index contributed by atoms with van der Waals surface area (Å²) in [7, 11) is 0. The van der Waals surface area contributed by atoms with Crippen LogP contribution in [0.2, 0.25) is 0 Å². The number of nitrogens with zero attached hydrogens (tertiary/aromatic N) is 1. The van der Waals surface area contributed by atoms with E-state index in [1.165, 1.54) is 0 Å². The lowest BCUT2D eigenvalue weighted by Crippen LogP contribution is -2.29. The molecule has 0 bridgehead atoms. The molecule has 1 aliphatic rings. The first-order valence-electron chi connectivity index (χ1n) is 5.10. The van der Waals surface area contributed by atoms with Gasteiger partial charge in [0.15, 0.2) is 0 Å². The Morgan fingerprint density at radius 1 is 1.57 bits per heavy atom. The molecule has 82 valence electrons. The van der Waals surface area contributed by atoms with Crippen LogP contribution in [0.3, 0.4) is 0 Å². The molecule has 4 nitrogen and oxygen atoms in total. The fraction of sp³-hybridized carbons (Fsp3) is 0.900. The number of carboxylic acid groups (broad SMARTS) is 1. The highest BCUT2D eigenvalue weighted by molar-refractivity contribution is 5.71. The van der Waals surface area contributed by atoms with Gasteiger partial charge < -0.3 is 15.1 Å². The molecule has 3 unspecified atom stereocenters. The third-order valence-corrected chi connectivity index (χ3v) is 2.89. The van der Waals surface area contributed by atoms with Crippen LogP contribution < -0.4 is 0 Å². The summed E-state index contributed by atoms with van der Waals surface area (Å²) < 4.78 is 0. The maximum atomic E-state index is 10.8. The fourth-order valence-electron chi connectivity index (χ4n) is 2.04. The van der Waals surface area contributed by atoms with E-state index < -0.39 is 5.97 Å². The zero-order chi connectivity index (χ0) is 10.7. The predicted molar refractivity (Wildman–Crippen MR) is 53.0 cm³/mol. The number of carbonyl (C=O) groups is 1. The van der Waals surface area contributed by atoms with Crippen LogP contribution in [0.1, 0.15) is 13.8 Å². The molecule has 0 spiro atoms. The lowest BCUT2D eigenvalue weighted by atomic mass is 9.99. The van der Waals surface area contributed by atoms with E-state index in [2.05, 4.69) is 4.90 Å². The average molecular weight is 201 g/mol. The minimum atomic E-state index is -0.698. The van der Waals surface area contributed by atoms with Gasteiger partial charge in [-0.2, -0.15) is 0 Å². The predicted octanol–water partition coefficient (Wildman–Crippen LogP) is 0.267. The second-order valence-electron chi connectivity index (χ2n) is 4.43. The smallest absolute Gasteiger partial charge is 0.308 e. The second kappa shape index (κ2) is 4.75. The quantitative estimate of drug-likeness (QED) is 0.685. The van der Waals surface area contributed by atoms with E-state index in [0.29, 0.717) is 6.54 Å². The number of aliphatic hydroxyl groups excluding tert-OH is 1. The Hall–Kier alpha value is -0.610. The Balaban J connectivity index is 2.42. The normalized spacial score (nSPS) is 30.5.